The third-order valence-corrected chi connectivity index (χ3v) is 6.61. The average Bonchev–Trinajstić information content (AvgIpc) is 3.34. The highest BCUT2D eigenvalue weighted by Crippen LogP contribution is 2.32. The van der Waals surface area contributed by atoms with E-state index in [0.29, 0.717) is 13.1 Å². The molecule has 2 amide bonds. The van der Waals surface area contributed by atoms with E-state index in [2.05, 4.69) is 43.7 Å². The van der Waals surface area contributed by atoms with Crippen LogP contribution in [0.25, 0.3) is 11.3 Å². The summed E-state index contributed by atoms with van der Waals surface area (Å²) in [6.45, 7) is 10.8. The lowest BCUT2D eigenvalue weighted by Crippen LogP contribution is -2.52. The minimum Gasteiger partial charge on any atom is -0.353 e. The van der Waals surface area contributed by atoms with Crippen LogP contribution >= 0.6 is 11.3 Å². The van der Waals surface area contributed by atoms with Gasteiger partial charge >= 0.3 is 0 Å². The molecule has 0 spiro atoms. The number of anilines is 1. The number of piperazine rings is 1. The minimum absolute atomic E-state index is 0.0698. The summed E-state index contributed by atoms with van der Waals surface area (Å²) in [6.07, 6.45) is 0.886. The maximum absolute atomic E-state index is 13.0. The number of fused-ring (bicyclic) bond motifs is 1. The Balaban J connectivity index is 1.30. The van der Waals surface area contributed by atoms with Crippen LogP contribution in [0, 0.1) is 6.92 Å². The third kappa shape index (κ3) is 5.31. The highest BCUT2D eigenvalue weighted by molar-refractivity contribution is 7.09. The predicted octanol–water partition coefficient (Wildman–Crippen LogP) is 2.15. The lowest BCUT2D eigenvalue weighted by Gasteiger charge is -2.34. The van der Waals surface area contributed by atoms with Gasteiger partial charge in [-0.2, -0.15) is 0 Å². The Morgan fingerprint density at radius 3 is 2.45 bits per heavy atom. The minimum atomic E-state index is 0.0698. The van der Waals surface area contributed by atoms with Gasteiger partial charge in [0.1, 0.15) is 0 Å². The molecule has 4 rings (SSSR count). The Labute approximate surface area is 188 Å². The summed E-state index contributed by atoms with van der Waals surface area (Å²) in [7, 11) is 0. The number of hydrogen-bond donors (Lipinski definition) is 1. The number of amides is 2. The second-order valence-electron chi connectivity index (χ2n) is 8.67. The number of nitrogens with one attached hydrogen (secondary N) is 1. The summed E-state index contributed by atoms with van der Waals surface area (Å²) in [4.78, 5) is 35.8. The van der Waals surface area contributed by atoms with Crippen molar-refractivity contribution in [3.63, 3.8) is 0 Å². The lowest BCUT2D eigenvalue weighted by atomic mass is 10.1. The van der Waals surface area contributed by atoms with Crippen LogP contribution in [0.3, 0.4) is 0 Å². The molecule has 2 aliphatic rings. The zero-order chi connectivity index (χ0) is 22.0. The fourth-order valence-electron chi connectivity index (χ4n) is 4.27. The molecule has 31 heavy (non-hydrogen) atoms. The van der Waals surface area contributed by atoms with Gasteiger partial charge in [-0.1, -0.05) is 6.07 Å². The molecule has 0 unspecified atom stereocenters. The lowest BCUT2D eigenvalue weighted by molar-refractivity contribution is -0.124. The first-order valence-corrected chi connectivity index (χ1v) is 11.9. The summed E-state index contributed by atoms with van der Waals surface area (Å²) in [5, 5.41) is 6.08. The predicted molar refractivity (Wildman–Crippen MR) is 125 cm³/mol. The summed E-state index contributed by atoms with van der Waals surface area (Å²) in [5.74, 6) is 0.224. The molecule has 7 nitrogen and oxygen atoms in total. The molecule has 1 N–H and O–H groups in total. The Morgan fingerprint density at radius 1 is 1.10 bits per heavy atom. The molecule has 166 valence electrons. The monoisotopic (exact) mass is 441 g/mol. The van der Waals surface area contributed by atoms with Gasteiger partial charge in [-0.15, -0.1) is 11.3 Å². The van der Waals surface area contributed by atoms with Crippen LogP contribution in [0.4, 0.5) is 5.69 Å². The summed E-state index contributed by atoms with van der Waals surface area (Å²) < 4.78 is 0. The van der Waals surface area contributed by atoms with E-state index in [1.54, 1.807) is 11.3 Å². The molecular formula is C23H31N5O2S. The highest BCUT2D eigenvalue weighted by atomic mass is 32.1. The van der Waals surface area contributed by atoms with Gasteiger partial charge < -0.3 is 10.2 Å². The first-order chi connectivity index (χ1) is 14.9. The molecule has 8 heteroatoms. The van der Waals surface area contributed by atoms with Gasteiger partial charge in [-0.05, 0) is 44.9 Å². The van der Waals surface area contributed by atoms with E-state index in [9.17, 15) is 9.59 Å². The van der Waals surface area contributed by atoms with Gasteiger partial charge in [0.15, 0.2) is 0 Å². The first-order valence-electron chi connectivity index (χ1n) is 11.0. The number of benzene rings is 1. The molecule has 3 heterocycles. The first kappa shape index (κ1) is 21.9. The zero-order valence-corrected chi connectivity index (χ0v) is 19.4. The number of aryl methyl sites for hydroxylation is 1. The van der Waals surface area contributed by atoms with Crippen molar-refractivity contribution in [1.29, 1.82) is 0 Å². The van der Waals surface area contributed by atoms with E-state index >= 15 is 0 Å². The molecule has 2 aromatic rings. The quantitative estimate of drug-likeness (QED) is 0.744. The van der Waals surface area contributed by atoms with E-state index in [4.69, 9.17) is 0 Å². The van der Waals surface area contributed by atoms with Crippen molar-refractivity contribution >= 4 is 28.8 Å². The van der Waals surface area contributed by atoms with Crippen LogP contribution in [-0.2, 0) is 16.0 Å². The molecule has 0 aliphatic carbocycles. The van der Waals surface area contributed by atoms with Gasteiger partial charge in [0.05, 0.1) is 23.8 Å². The third-order valence-electron chi connectivity index (χ3n) is 5.83. The fraction of sp³-hybridized carbons (Fsp3) is 0.522. The summed E-state index contributed by atoms with van der Waals surface area (Å²) >= 11 is 1.66. The number of aromatic nitrogens is 1. The Kier molecular flexibility index (Phi) is 6.69. The molecule has 1 aromatic heterocycles. The standard InChI is InChI=1S/C23H31N5O2S/c1-16(2)24-22(29)13-26-8-10-27(11-9-26)14-23(30)28-7-6-19-12-18(4-5-21(19)28)20-15-31-17(3)25-20/h4-5,12,15-16H,6-11,13-14H2,1-3H3,(H,24,29). The smallest absolute Gasteiger partial charge is 0.241 e. The maximum Gasteiger partial charge on any atom is 0.241 e. The molecule has 0 bridgehead atoms. The molecular weight excluding hydrogens is 410 g/mol. The van der Waals surface area contributed by atoms with Gasteiger partial charge in [-0.25, -0.2) is 4.98 Å². The van der Waals surface area contributed by atoms with Crippen molar-refractivity contribution in [2.24, 2.45) is 0 Å². The highest BCUT2D eigenvalue weighted by Gasteiger charge is 2.28. The van der Waals surface area contributed by atoms with Gasteiger partial charge in [-0.3, -0.25) is 19.4 Å². The number of thiazole rings is 1. The van der Waals surface area contributed by atoms with E-state index in [-0.39, 0.29) is 17.9 Å². The Bertz CT molecular complexity index is 949. The van der Waals surface area contributed by atoms with Crippen molar-refractivity contribution in [2.45, 2.75) is 33.2 Å². The number of carbonyl (C=O) groups excluding carboxylic acids is 2. The number of carbonyl (C=O) groups is 2. The molecule has 2 aliphatic heterocycles. The zero-order valence-electron chi connectivity index (χ0n) is 18.6. The molecule has 1 fully saturated rings. The van der Waals surface area contributed by atoms with Crippen molar-refractivity contribution in [3.05, 3.63) is 34.2 Å². The van der Waals surface area contributed by atoms with Gasteiger partial charge in [0, 0.05) is 55.4 Å². The Morgan fingerprint density at radius 2 is 1.81 bits per heavy atom. The molecule has 0 saturated carbocycles. The van der Waals surface area contributed by atoms with Crippen molar-refractivity contribution in [2.75, 3.05) is 50.7 Å². The van der Waals surface area contributed by atoms with E-state index in [0.717, 1.165) is 61.1 Å². The van der Waals surface area contributed by atoms with E-state index in [1.165, 1.54) is 5.56 Å². The number of hydrogen-bond acceptors (Lipinski definition) is 6. The second-order valence-corrected chi connectivity index (χ2v) is 9.73. The summed E-state index contributed by atoms with van der Waals surface area (Å²) in [5.41, 5.74) is 4.38. The second kappa shape index (κ2) is 9.46. The topological polar surface area (TPSA) is 68.8 Å². The van der Waals surface area contributed by atoms with E-state index in [1.807, 2.05) is 25.7 Å². The van der Waals surface area contributed by atoms with Crippen LogP contribution < -0.4 is 10.2 Å². The molecule has 0 radical (unpaired) electrons. The van der Waals surface area contributed by atoms with Crippen LogP contribution in [0.2, 0.25) is 0 Å². The van der Waals surface area contributed by atoms with Crippen LogP contribution in [-0.4, -0.2) is 78.5 Å². The van der Waals surface area contributed by atoms with Crippen molar-refractivity contribution in [3.8, 4) is 11.3 Å². The van der Waals surface area contributed by atoms with Gasteiger partial charge in [0.25, 0.3) is 0 Å². The maximum atomic E-state index is 13.0. The molecule has 1 saturated heterocycles. The van der Waals surface area contributed by atoms with Gasteiger partial charge in [0.2, 0.25) is 11.8 Å². The van der Waals surface area contributed by atoms with Crippen LogP contribution in [0.5, 0.6) is 0 Å². The average molecular weight is 442 g/mol. The van der Waals surface area contributed by atoms with Crippen LogP contribution in [0.15, 0.2) is 23.6 Å². The molecule has 1 aromatic carbocycles. The van der Waals surface area contributed by atoms with Crippen molar-refractivity contribution in [1.82, 2.24) is 20.1 Å². The Hall–Kier alpha value is -2.29. The number of nitrogens with zero attached hydrogens (tertiary/aromatic N) is 4. The van der Waals surface area contributed by atoms with E-state index < -0.39 is 0 Å². The normalized spacial score (nSPS) is 17.2. The molecule has 0 atom stereocenters. The number of rotatable bonds is 6. The SMILES string of the molecule is Cc1nc(-c2ccc3c(c2)CCN3C(=O)CN2CCN(CC(=O)NC(C)C)CC2)cs1. The van der Waals surface area contributed by atoms with Crippen LogP contribution in [0.1, 0.15) is 24.4 Å². The summed E-state index contributed by atoms with van der Waals surface area (Å²) in [6, 6.07) is 6.48. The largest absolute Gasteiger partial charge is 0.353 e. The van der Waals surface area contributed by atoms with Crippen molar-refractivity contribution < 1.29 is 9.59 Å². The fourth-order valence-corrected chi connectivity index (χ4v) is 4.89.